The highest BCUT2D eigenvalue weighted by molar-refractivity contribution is 6.90. The van der Waals surface area contributed by atoms with Crippen molar-refractivity contribution in [1.29, 1.82) is 0 Å². The lowest BCUT2D eigenvalue weighted by atomic mass is 9.95. The van der Waals surface area contributed by atoms with Crippen molar-refractivity contribution in [3.8, 4) is 34.5 Å². The number of halogens is 2. The Morgan fingerprint density at radius 3 is 2.25 bits per heavy atom. The summed E-state index contributed by atoms with van der Waals surface area (Å²) in [6, 6.07) is 6.18. The summed E-state index contributed by atoms with van der Waals surface area (Å²) >= 11 is 0. The second kappa shape index (κ2) is 20.1. The molecule has 4 aromatic rings. The summed E-state index contributed by atoms with van der Waals surface area (Å²) in [6.45, 7) is 24.0. The van der Waals surface area contributed by atoms with E-state index in [-0.39, 0.29) is 60.5 Å². The number of carbonyl (C=O) groups excluding carboxylic acids is 1. The number of anilines is 1. The number of aromatic nitrogens is 3. The number of pyridine rings is 1. The van der Waals surface area contributed by atoms with E-state index < -0.39 is 25.3 Å². The molecule has 16 heteroatoms. The molecule has 7 rings (SSSR count). The molecule has 0 saturated carbocycles. The molecule has 1 amide bonds. The van der Waals surface area contributed by atoms with Gasteiger partial charge in [0.15, 0.2) is 12.6 Å². The summed E-state index contributed by atoms with van der Waals surface area (Å²) in [5.41, 5.74) is 4.37. The van der Waals surface area contributed by atoms with Gasteiger partial charge in [0.1, 0.15) is 55.0 Å². The van der Waals surface area contributed by atoms with Crippen molar-refractivity contribution >= 4 is 41.7 Å². The number of nitrogens with one attached hydrogen (secondary N) is 1. The number of hydrogen-bond donors (Lipinski definition) is 1. The second-order valence-corrected chi connectivity index (χ2v) is 25.2. The highest BCUT2D eigenvalue weighted by Gasteiger charge is 2.45. The first-order chi connectivity index (χ1) is 30.9. The smallest absolute Gasteiger partial charge is 0.410 e. The minimum absolute atomic E-state index is 0.0146. The van der Waals surface area contributed by atoms with Gasteiger partial charge >= 0.3 is 12.1 Å². The molecule has 3 unspecified atom stereocenters. The fourth-order valence-corrected chi connectivity index (χ4v) is 15.5. The van der Waals surface area contributed by atoms with Crippen molar-refractivity contribution in [2.45, 2.75) is 116 Å². The van der Waals surface area contributed by atoms with E-state index in [2.05, 4.69) is 68.1 Å². The summed E-state index contributed by atoms with van der Waals surface area (Å²) in [5.74, 6) is 2.93. The van der Waals surface area contributed by atoms with Crippen molar-refractivity contribution in [1.82, 2.24) is 30.1 Å². The van der Waals surface area contributed by atoms with Crippen LogP contribution in [0.4, 0.5) is 19.4 Å². The molecule has 3 atom stereocenters. The van der Waals surface area contributed by atoms with E-state index >= 15 is 8.78 Å². The van der Waals surface area contributed by atoms with E-state index in [4.69, 9.17) is 38.6 Å². The molecule has 2 bridgehead atoms. The molecule has 352 valence electrons. The molecule has 3 aliphatic heterocycles. The van der Waals surface area contributed by atoms with Gasteiger partial charge in [-0.1, -0.05) is 53.5 Å². The molecule has 5 heterocycles. The minimum atomic E-state index is -2.32. The monoisotopic (exact) mass is 915 g/mol. The summed E-state index contributed by atoms with van der Waals surface area (Å²) in [6.07, 6.45) is 2.50. The largest absolute Gasteiger partial charge is 0.468 e. The van der Waals surface area contributed by atoms with Gasteiger partial charge in [0.2, 0.25) is 0 Å². The van der Waals surface area contributed by atoms with Crippen LogP contribution in [0.3, 0.4) is 0 Å². The van der Waals surface area contributed by atoms with Crippen LogP contribution in [0.2, 0.25) is 16.6 Å². The first kappa shape index (κ1) is 48.3. The van der Waals surface area contributed by atoms with Gasteiger partial charge in [0.05, 0.1) is 23.0 Å². The van der Waals surface area contributed by atoms with Crippen molar-refractivity contribution in [3.63, 3.8) is 0 Å². The van der Waals surface area contributed by atoms with Gasteiger partial charge < -0.3 is 33.9 Å². The van der Waals surface area contributed by atoms with Crippen molar-refractivity contribution in [3.05, 3.63) is 47.7 Å². The van der Waals surface area contributed by atoms with E-state index in [9.17, 15) is 4.79 Å². The number of hydrogen-bond acceptors (Lipinski definition) is 12. The van der Waals surface area contributed by atoms with Crippen LogP contribution in [0.1, 0.15) is 80.7 Å². The van der Waals surface area contributed by atoms with Crippen LogP contribution >= 0.6 is 0 Å². The molecule has 3 aliphatic rings. The minimum Gasteiger partial charge on any atom is -0.468 e. The lowest BCUT2D eigenvalue weighted by molar-refractivity contribution is 0.0122. The Morgan fingerprint density at radius 1 is 0.954 bits per heavy atom. The van der Waals surface area contributed by atoms with Gasteiger partial charge in [0, 0.05) is 77.2 Å². The van der Waals surface area contributed by atoms with Crippen LogP contribution < -0.4 is 19.7 Å². The molecule has 2 aromatic carbocycles. The number of amides is 1. The third kappa shape index (κ3) is 10.2. The molecular formula is C49H67F2N7O6Si. The SMILES string of the molecule is COCOc1cc(-c2ncc3c(N4CC5CCC(C4)N5C(=O)OC(C)(C)C)nc(OCC(CN4CCNCC4)OC)nc3c2F)c2c(C#C[Si](C(C)C)(C(C)C)C(C)C)c(F)ccc2c1. The predicted molar refractivity (Wildman–Crippen MR) is 253 cm³/mol. The van der Waals surface area contributed by atoms with E-state index in [0.29, 0.717) is 69.5 Å². The lowest BCUT2D eigenvalue weighted by Crippen LogP contribution is -2.57. The second-order valence-electron chi connectivity index (χ2n) is 19.6. The average Bonchev–Trinajstić information content (AvgIpc) is 3.53. The topological polar surface area (TPSA) is 124 Å². The molecule has 65 heavy (non-hydrogen) atoms. The molecule has 0 spiro atoms. The van der Waals surface area contributed by atoms with Crippen LogP contribution in [-0.4, -0.2) is 136 Å². The number of nitrogens with zero attached hydrogens (tertiary/aromatic N) is 6. The number of carbonyl (C=O) groups is 1. The Labute approximate surface area is 383 Å². The van der Waals surface area contributed by atoms with Crippen LogP contribution in [0.5, 0.6) is 11.8 Å². The zero-order valence-corrected chi connectivity index (χ0v) is 41.0. The lowest BCUT2D eigenvalue weighted by Gasteiger charge is -2.42. The van der Waals surface area contributed by atoms with E-state index in [0.717, 1.165) is 39.0 Å². The van der Waals surface area contributed by atoms with E-state index in [1.165, 1.54) is 13.2 Å². The maximum atomic E-state index is 17.9. The third-order valence-corrected chi connectivity index (χ3v) is 19.6. The number of ether oxygens (including phenoxy) is 5. The van der Waals surface area contributed by atoms with Gasteiger partial charge in [-0.05, 0) is 73.8 Å². The summed E-state index contributed by atoms with van der Waals surface area (Å²) in [5, 5.41) is 4.77. The number of rotatable bonds is 14. The molecule has 13 nitrogen and oxygen atoms in total. The van der Waals surface area contributed by atoms with E-state index in [1.54, 1.807) is 31.5 Å². The Bertz CT molecular complexity index is 2380. The number of methoxy groups -OCH3 is 2. The normalized spacial score (nSPS) is 18.8. The molecule has 2 aromatic heterocycles. The van der Waals surface area contributed by atoms with Crippen LogP contribution in [0, 0.1) is 23.1 Å². The summed E-state index contributed by atoms with van der Waals surface area (Å²) in [7, 11) is 0.845. The quantitative estimate of drug-likeness (QED) is 0.0741. The summed E-state index contributed by atoms with van der Waals surface area (Å²) in [4.78, 5) is 34.1. The number of benzene rings is 2. The molecule has 3 saturated heterocycles. The zero-order chi connectivity index (χ0) is 46.8. The summed E-state index contributed by atoms with van der Waals surface area (Å²) < 4.78 is 63.4. The van der Waals surface area contributed by atoms with Crippen molar-refractivity contribution < 1.29 is 37.3 Å². The Morgan fingerprint density at radius 2 is 1.63 bits per heavy atom. The first-order valence-electron chi connectivity index (χ1n) is 23.1. The maximum Gasteiger partial charge on any atom is 0.410 e. The highest BCUT2D eigenvalue weighted by atomic mass is 28.3. The first-order valence-corrected chi connectivity index (χ1v) is 25.3. The number of fused-ring (bicyclic) bond motifs is 4. The van der Waals surface area contributed by atoms with E-state index in [1.807, 2.05) is 25.7 Å². The molecular weight excluding hydrogens is 849 g/mol. The third-order valence-electron chi connectivity index (χ3n) is 13.3. The van der Waals surface area contributed by atoms with Gasteiger partial charge in [-0.3, -0.25) is 14.8 Å². The maximum absolute atomic E-state index is 17.9. The van der Waals surface area contributed by atoms with Gasteiger partial charge in [-0.25, -0.2) is 13.6 Å². The molecule has 3 fully saturated rings. The molecule has 0 aliphatic carbocycles. The van der Waals surface area contributed by atoms with Crippen LogP contribution in [-0.2, 0) is 14.2 Å². The highest BCUT2D eigenvalue weighted by Crippen LogP contribution is 2.43. The van der Waals surface area contributed by atoms with Gasteiger partial charge in [0.25, 0.3) is 0 Å². The number of piperazine rings is 2. The zero-order valence-electron chi connectivity index (χ0n) is 40.0. The fraction of sp³-hybridized carbons (Fsp3) is 0.592. The molecule has 0 radical (unpaired) electrons. The van der Waals surface area contributed by atoms with Crippen LogP contribution in [0.15, 0.2) is 30.5 Å². The van der Waals surface area contributed by atoms with Crippen LogP contribution in [0.25, 0.3) is 32.9 Å². The molecule has 1 N–H and O–H groups in total. The Kier molecular flexibility index (Phi) is 14.9. The van der Waals surface area contributed by atoms with Crippen molar-refractivity contribution in [2.75, 3.05) is 78.3 Å². The predicted octanol–water partition coefficient (Wildman–Crippen LogP) is 8.56. The Balaban J connectivity index is 1.38. The average molecular weight is 916 g/mol. The van der Waals surface area contributed by atoms with Gasteiger partial charge in [-0.15, -0.1) is 5.54 Å². The standard InChI is InChI=1S/C49H67F2N7O6Si/c1-30(2)65(31(3)4,32(5)6)21-16-38-41(50)15-12-33-22-36(63-29-60-10)23-39(42(33)38)44-43(51)45-40(24-53-44)46(55-47(54-45)62-28-37(61-11)27-56-19-17-52-18-20-56)57-25-34-13-14-35(26-57)58(34)48(59)64-49(7,8)9/h12,15,22-24,30-32,34-35,37,52H,13-14,17-20,25-29H2,1-11H3. The Hall–Kier alpha value is -4.66. The van der Waals surface area contributed by atoms with Gasteiger partial charge in [-0.2, -0.15) is 9.97 Å². The van der Waals surface area contributed by atoms with Crippen molar-refractivity contribution in [2.24, 2.45) is 0 Å². The fourth-order valence-electron chi connectivity index (χ4n) is 10.3.